The maximum atomic E-state index is 13.3. The molecule has 34 heavy (non-hydrogen) atoms. The van der Waals surface area contributed by atoms with E-state index in [9.17, 15) is 14.7 Å². The van der Waals surface area contributed by atoms with Gasteiger partial charge in [-0.1, -0.05) is 0 Å². The third-order valence-electron chi connectivity index (χ3n) is 5.04. The van der Waals surface area contributed by atoms with E-state index < -0.39 is 17.4 Å². The summed E-state index contributed by atoms with van der Waals surface area (Å²) in [7, 11) is 0. The van der Waals surface area contributed by atoms with Crippen LogP contribution in [0.5, 0.6) is 0 Å². The van der Waals surface area contributed by atoms with E-state index >= 15 is 0 Å². The van der Waals surface area contributed by atoms with Gasteiger partial charge in [0.25, 0.3) is 11.8 Å². The highest BCUT2D eigenvalue weighted by Crippen LogP contribution is 2.39. The average molecular weight is 463 g/mol. The van der Waals surface area contributed by atoms with Crippen molar-refractivity contribution in [2.75, 3.05) is 22.9 Å². The summed E-state index contributed by atoms with van der Waals surface area (Å²) in [6.07, 6.45) is 8.15. The van der Waals surface area contributed by atoms with Crippen molar-refractivity contribution < 1.29 is 14.7 Å². The standard InChI is InChI=1S/C23H26N8O3/c1-23(2,34)11-28-21(32)16-7-14(24)5-6-17(16)31-22(33)19-20(29-15-8-25-12-26-9-15)27-10-18(30-19)13-3-4-13/h5-10,12-13,34H,3-4,11,24H2,1-2H3,(H,27,29)(H,28,32)(H,31,33). The van der Waals surface area contributed by atoms with Crippen LogP contribution >= 0.6 is 0 Å². The number of anilines is 4. The number of hydrogen-bond acceptors (Lipinski definition) is 9. The maximum absolute atomic E-state index is 13.3. The van der Waals surface area contributed by atoms with E-state index in [1.807, 2.05) is 0 Å². The Labute approximate surface area is 196 Å². The molecule has 0 spiro atoms. The molecule has 2 aromatic heterocycles. The SMILES string of the molecule is CC(C)(O)CNC(=O)c1cc(N)ccc1NC(=O)c1nc(C2CC2)cnc1Nc1cncnc1. The molecule has 4 rings (SSSR count). The molecule has 0 atom stereocenters. The second-order valence-electron chi connectivity index (χ2n) is 8.77. The van der Waals surface area contributed by atoms with E-state index in [2.05, 4.69) is 35.9 Å². The van der Waals surface area contributed by atoms with Crippen LogP contribution in [0, 0.1) is 0 Å². The highest BCUT2D eigenvalue weighted by Gasteiger charge is 2.28. The third-order valence-corrected chi connectivity index (χ3v) is 5.04. The van der Waals surface area contributed by atoms with E-state index in [4.69, 9.17) is 5.73 Å². The van der Waals surface area contributed by atoms with Gasteiger partial charge < -0.3 is 26.8 Å². The van der Waals surface area contributed by atoms with Crippen LogP contribution in [0.1, 0.15) is 59.1 Å². The van der Waals surface area contributed by atoms with E-state index in [-0.39, 0.29) is 35.2 Å². The summed E-state index contributed by atoms with van der Waals surface area (Å²) >= 11 is 0. The Balaban J connectivity index is 1.62. The van der Waals surface area contributed by atoms with Gasteiger partial charge in [-0.2, -0.15) is 0 Å². The minimum absolute atomic E-state index is 0.0240. The van der Waals surface area contributed by atoms with Gasteiger partial charge in [0.05, 0.1) is 46.8 Å². The fourth-order valence-electron chi connectivity index (χ4n) is 3.16. The predicted molar refractivity (Wildman–Crippen MR) is 127 cm³/mol. The number of nitrogens with one attached hydrogen (secondary N) is 3. The summed E-state index contributed by atoms with van der Waals surface area (Å²) in [6, 6.07) is 4.58. The lowest BCUT2D eigenvalue weighted by Crippen LogP contribution is -2.38. The molecule has 6 N–H and O–H groups in total. The Morgan fingerprint density at radius 3 is 2.56 bits per heavy atom. The van der Waals surface area contributed by atoms with Gasteiger partial charge in [-0.15, -0.1) is 0 Å². The zero-order chi connectivity index (χ0) is 24.3. The minimum Gasteiger partial charge on any atom is -0.399 e. The molecule has 0 unspecified atom stereocenters. The van der Waals surface area contributed by atoms with Gasteiger partial charge >= 0.3 is 0 Å². The second kappa shape index (κ2) is 9.40. The molecule has 0 saturated heterocycles. The van der Waals surface area contributed by atoms with Gasteiger partial charge in [-0.3, -0.25) is 9.59 Å². The highest BCUT2D eigenvalue weighted by atomic mass is 16.3. The van der Waals surface area contributed by atoms with Gasteiger partial charge in [-0.25, -0.2) is 19.9 Å². The summed E-state index contributed by atoms with van der Waals surface area (Å²) in [5.41, 5.74) is 6.90. The minimum atomic E-state index is -1.10. The molecular weight excluding hydrogens is 436 g/mol. The Morgan fingerprint density at radius 1 is 1.15 bits per heavy atom. The summed E-state index contributed by atoms with van der Waals surface area (Å²) in [4.78, 5) is 42.9. The molecule has 3 aromatic rings. The largest absolute Gasteiger partial charge is 0.399 e. The smallest absolute Gasteiger partial charge is 0.278 e. The number of carbonyl (C=O) groups excluding carboxylic acids is 2. The van der Waals surface area contributed by atoms with E-state index in [0.717, 1.165) is 18.5 Å². The van der Waals surface area contributed by atoms with Crippen LogP contribution in [0.25, 0.3) is 0 Å². The highest BCUT2D eigenvalue weighted by molar-refractivity contribution is 6.10. The topological polar surface area (TPSA) is 168 Å². The number of carbonyl (C=O) groups is 2. The van der Waals surface area contributed by atoms with Crippen molar-refractivity contribution in [3.63, 3.8) is 0 Å². The molecule has 0 aliphatic heterocycles. The van der Waals surface area contributed by atoms with Crippen LogP contribution in [-0.4, -0.2) is 49.0 Å². The van der Waals surface area contributed by atoms with Crippen LogP contribution in [-0.2, 0) is 0 Å². The number of nitrogens with two attached hydrogens (primary N) is 1. The van der Waals surface area contributed by atoms with Crippen molar-refractivity contribution in [2.45, 2.75) is 38.2 Å². The molecule has 1 fully saturated rings. The van der Waals surface area contributed by atoms with Gasteiger partial charge in [0.15, 0.2) is 11.5 Å². The number of nitrogen functional groups attached to an aromatic ring is 1. The fraction of sp³-hybridized carbons (Fsp3) is 0.304. The number of rotatable bonds is 8. The Morgan fingerprint density at radius 2 is 1.88 bits per heavy atom. The third kappa shape index (κ3) is 5.81. The van der Waals surface area contributed by atoms with Gasteiger partial charge in [-0.05, 0) is 44.9 Å². The number of benzene rings is 1. The molecule has 1 saturated carbocycles. The average Bonchev–Trinajstić information content (AvgIpc) is 3.64. The summed E-state index contributed by atoms with van der Waals surface area (Å²) in [5.74, 6) is -0.508. The van der Waals surface area contributed by atoms with Gasteiger partial charge in [0.2, 0.25) is 0 Å². The normalized spacial score (nSPS) is 13.3. The van der Waals surface area contributed by atoms with Crippen LogP contribution in [0.15, 0.2) is 43.1 Å². The lowest BCUT2D eigenvalue weighted by Gasteiger charge is -2.19. The summed E-state index contributed by atoms with van der Waals surface area (Å²) in [5, 5.41) is 18.3. The molecule has 1 aromatic carbocycles. The number of aliphatic hydroxyl groups is 1. The van der Waals surface area contributed by atoms with E-state index in [1.54, 1.807) is 44.6 Å². The first-order valence-corrected chi connectivity index (χ1v) is 10.8. The molecule has 11 nitrogen and oxygen atoms in total. The molecule has 2 amide bonds. The van der Waals surface area contributed by atoms with Crippen molar-refractivity contribution in [3.05, 3.63) is 60.1 Å². The molecule has 1 aliphatic carbocycles. The molecule has 0 bridgehead atoms. The van der Waals surface area contributed by atoms with E-state index in [0.29, 0.717) is 11.4 Å². The van der Waals surface area contributed by atoms with Crippen molar-refractivity contribution in [1.29, 1.82) is 0 Å². The molecule has 2 heterocycles. The van der Waals surface area contributed by atoms with Crippen molar-refractivity contribution in [3.8, 4) is 0 Å². The zero-order valence-electron chi connectivity index (χ0n) is 18.9. The first-order chi connectivity index (χ1) is 16.2. The van der Waals surface area contributed by atoms with Crippen LogP contribution in [0.3, 0.4) is 0 Å². The lowest BCUT2D eigenvalue weighted by atomic mass is 10.1. The first-order valence-electron chi connectivity index (χ1n) is 10.8. The fourth-order valence-corrected chi connectivity index (χ4v) is 3.16. The quantitative estimate of drug-likeness (QED) is 0.315. The zero-order valence-corrected chi connectivity index (χ0v) is 18.9. The molecule has 176 valence electrons. The van der Waals surface area contributed by atoms with Crippen LogP contribution in [0.4, 0.5) is 22.9 Å². The lowest BCUT2D eigenvalue weighted by molar-refractivity contribution is 0.0694. The van der Waals surface area contributed by atoms with Crippen molar-refractivity contribution in [2.24, 2.45) is 0 Å². The summed E-state index contributed by atoms with van der Waals surface area (Å²) < 4.78 is 0. The molecular formula is C23H26N8O3. The van der Waals surface area contributed by atoms with Crippen LogP contribution in [0.2, 0.25) is 0 Å². The molecule has 0 radical (unpaired) electrons. The van der Waals surface area contributed by atoms with Crippen molar-refractivity contribution in [1.82, 2.24) is 25.3 Å². The number of amides is 2. The molecule has 11 heteroatoms. The number of hydrogen-bond donors (Lipinski definition) is 5. The Hall–Kier alpha value is -4.12. The number of aromatic nitrogens is 4. The Kier molecular flexibility index (Phi) is 6.37. The van der Waals surface area contributed by atoms with Crippen LogP contribution < -0.4 is 21.7 Å². The second-order valence-corrected chi connectivity index (χ2v) is 8.77. The number of nitrogens with zero attached hydrogens (tertiary/aromatic N) is 4. The van der Waals surface area contributed by atoms with E-state index in [1.165, 1.54) is 12.4 Å². The van der Waals surface area contributed by atoms with Gasteiger partial charge in [0, 0.05) is 18.2 Å². The maximum Gasteiger partial charge on any atom is 0.278 e. The predicted octanol–water partition coefficient (Wildman–Crippen LogP) is 2.22. The first kappa shape index (κ1) is 23.1. The summed E-state index contributed by atoms with van der Waals surface area (Å²) in [6.45, 7) is 3.18. The monoisotopic (exact) mass is 462 g/mol. The van der Waals surface area contributed by atoms with Gasteiger partial charge in [0.1, 0.15) is 6.33 Å². The molecule has 1 aliphatic rings. The van der Waals surface area contributed by atoms with Crippen molar-refractivity contribution >= 4 is 34.7 Å². The Bertz CT molecular complexity index is 1210.